The standard InChI is InChI=1S/C13H14N4O4/c1-9-14-15-11(21-9)13(19)17-6-4-16(5-7-17)12(18)10-3-2-8-20-10/h2-3,8H,4-7H2,1H3. The highest BCUT2D eigenvalue weighted by molar-refractivity contribution is 5.92. The molecule has 0 atom stereocenters. The van der Waals surface area contributed by atoms with E-state index in [0.29, 0.717) is 37.8 Å². The van der Waals surface area contributed by atoms with Gasteiger partial charge < -0.3 is 18.6 Å². The van der Waals surface area contributed by atoms with Gasteiger partial charge in [0.1, 0.15) is 0 Å². The van der Waals surface area contributed by atoms with E-state index < -0.39 is 0 Å². The molecule has 0 spiro atoms. The summed E-state index contributed by atoms with van der Waals surface area (Å²) in [6.07, 6.45) is 1.46. The van der Waals surface area contributed by atoms with Crippen LogP contribution in [-0.4, -0.2) is 58.0 Å². The molecule has 0 saturated carbocycles. The van der Waals surface area contributed by atoms with Crippen molar-refractivity contribution in [1.29, 1.82) is 0 Å². The second kappa shape index (κ2) is 5.39. The number of hydrogen-bond donors (Lipinski definition) is 0. The van der Waals surface area contributed by atoms with Crippen molar-refractivity contribution in [1.82, 2.24) is 20.0 Å². The minimum Gasteiger partial charge on any atom is -0.459 e. The van der Waals surface area contributed by atoms with Crippen LogP contribution < -0.4 is 0 Å². The fraction of sp³-hybridized carbons (Fsp3) is 0.385. The molecule has 2 aromatic rings. The molecule has 3 rings (SSSR count). The number of aromatic nitrogens is 2. The monoisotopic (exact) mass is 290 g/mol. The Morgan fingerprint density at radius 2 is 1.76 bits per heavy atom. The first kappa shape index (κ1) is 13.3. The van der Waals surface area contributed by atoms with Crippen LogP contribution in [0, 0.1) is 6.92 Å². The van der Waals surface area contributed by atoms with Crippen molar-refractivity contribution in [2.24, 2.45) is 0 Å². The minimum atomic E-state index is -0.305. The van der Waals surface area contributed by atoms with Crippen molar-refractivity contribution >= 4 is 11.8 Å². The van der Waals surface area contributed by atoms with E-state index in [4.69, 9.17) is 8.83 Å². The van der Waals surface area contributed by atoms with E-state index in [2.05, 4.69) is 10.2 Å². The molecule has 2 aromatic heterocycles. The molecular formula is C13H14N4O4. The van der Waals surface area contributed by atoms with Crippen LogP contribution in [-0.2, 0) is 0 Å². The van der Waals surface area contributed by atoms with E-state index in [0.717, 1.165) is 0 Å². The van der Waals surface area contributed by atoms with E-state index in [1.165, 1.54) is 6.26 Å². The summed E-state index contributed by atoms with van der Waals surface area (Å²) in [5.74, 6) is 0.173. The summed E-state index contributed by atoms with van der Waals surface area (Å²) in [6.45, 7) is 3.36. The summed E-state index contributed by atoms with van der Waals surface area (Å²) < 4.78 is 10.2. The predicted octanol–water partition coefficient (Wildman–Crippen LogP) is 0.569. The lowest BCUT2D eigenvalue weighted by Gasteiger charge is -2.33. The van der Waals surface area contributed by atoms with Crippen LogP contribution in [0.4, 0.5) is 0 Å². The maximum Gasteiger partial charge on any atom is 0.311 e. The van der Waals surface area contributed by atoms with Crippen LogP contribution >= 0.6 is 0 Å². The van der Waals surface area contributed by atoms with Gasteiger partial charge in [0, 0.05) is 33.1 Å². The molecule has 110 valence electrons. The van der Waals surface area contributed by atoms with Crippen LogP contribution in [0.25, 0.3) is 0 Å². The van der Waals surface area contributed by atoms with Gasteiger partial charge in [0.2, 0.25) is 5.89 Å². The SMILES string of the molecule is Cc1nnc(C(=O)N2CCN(C(=O)c3ccco3)CC2)o1. The Morgan fingerprint density at radius 1 is 1.10 bits per heavy atom. The van der Waals surface area contributed by atoms with Gasteiger partial charge in [-0.2, -0.15) is 0 Å². The Kier molecular flexibility index (Phi) is 3.43. The first-order valence-corrected chi connectivity index (χ1v) is 6.57. The van der Waals surface area contributed by atoms with Crippen molar-refractivity contribution in [3.8, 4) is 0 Å². The van der Waals surface area contributed by atoms with Gasteiger partial charge in [0.05, 0.1) is 6.26 Å². The van der Waals surface area contributed by atoms with Crippen molar-refractivity contribution in [2.45, 2.75) is 6.92 Å². The van der Waals surface area contributed by atoms with Crippen LogP contribution in [0.2, 0.25) is 0 Å². The number of aryl methyl sites for hydroxylation is 1. The van der Waals surface area contributed by atoms with Gasteiger partial charge in [-0.25, -0.2) is 0 Å². The first-order chi connectivity index (χ1) is 10.1. The summed E-state index contributed by atoms with van der Waals surface area (Å²) in [4.78, 5) is 27.5. The predicted molar refractivity (Wildman–Crippen MR) is 69.6 cm³/mol. The highest BCUT2D eigenvalue weighted by atomic mass is 16.4. The number of amides is 2. The zero-order valence-electron chi connectivity index (χ0n) is 11.5. The molecule has 1 saturated heterocycles. The molecule has 0 aromatic carbocycles. The van der Waals surface area contributed by atoms with Crippen LogP contribution in [0.3, 0.4) is 0 Å². The number of nitrogens with zero attached hydrogens (tertiary/aromatic N) is 4. The number of piperazine rings is 1. The molecule has 0 bridgehead atoms. The fourth-order valence-corrected chi connectivity index (χ4v) is 2.19. The molecule has 1 fully saturated rings. The summed E-state index contributed by atoms with van der Waals surface area (Å²) >= 11 is 0. The summed E-state index contributed by atoms with van der Waals surface area (Å²) in [6, 6.07) is 3.30. The third kappa shape index (κ3) is 2.64. The maximum absolute atomic E-state index is 12.1. The van der Waals surface area contributed by atoms with E-state index in [9.17, 15) is 9.59 Å². The van der Waals surface area contributed by atoms with Crippen molar-refractivity contribution in [2.75, 3.05) is 26.2 Å². The highest BCUT2D eigenvalue weighted by Gasteiger charge is 2.28. The molecule has 0 N–H and O–H groups in total. The van der Waals surface area contributed by atoms with Gasteiger partial charge in [-0.1, -0.05) is 0 Å². The third-order valence-corrected chi connectivity index (χ3v) is 3.30. The Bertz CT molecular complexity index is 641. The van der Waals surface area contributed by atoms with Gasteiger partial charge in [0.15, 0.2) is 5.76 Å². The molecule has 1 aliphatic heterocycles. The fourth-order valence-electron chi connectivity index (χ4n) is 2.19. The zero-order chi connectivity index (χ0) is 14.8. The number of furan rings is 1. The summed E-state index contributed by atoms with van der Waals surface area (Å²) in [5.41, 5.74) is 0. The lowest BCUT2D eigenvalue weighted by Crippen LogP contribution is -2.50. The van der Waals surface area contributed by atoms with Gasteiger partial charge in [-0.05, 0) is 12.1 Å². The molecule has 21 heavy (non-hydrogen) atoms. The van der Waals surface area contributed by atoms with Crippen molar-refractivity contribution < 1.29 is 18.4 Å². The number of hydrogen-bond acceptors (Lipinski definition) is 6. The Labute approximate surface area is 120 Å². The van der Waals surface area contributed by atoms with Crippen LogP contribution in [0.5, 0.6) is 0 Å². The van der Waals surface area contributed by atoms with E-state index >= 15 is 0 Å². The van der Waals surface area contributed by atoms with Gasteiger partial charge >= 0.3 is 11.8 Å². The molecule has 0 radical (unpaired) electrons. The molecule has 1 aliphatic rings. The smallest absolute Gasteiger partial charge is 0.311 e. The Hall–Kier alpha value is -2.64. The Morgan fingerprint density at radius 3 is 2.29 bits per heavy atom. The highest BCUT2D eigenvalue weighted by Crippen LogP contribution is 2.11. The van der Waals surface area contributed by atoms with E-state index in [-0.39, 0.29) is 17.7 Å². The van der Waals surface area contributed by atoms with E-state index in [1.54, 1.807) is 28.9 Å². The zero-order valence-corrected chi connectivity index (χ0v) is 11.5. The van der Waals surface area contributed by atoms with Gasteiger partial charge in [-0.15, -0.1) is 10.2 Å². The maximum atomic E-state index is 12.1. The minimum absolute atomic E-state index is 0.0155. The molecule has 2 amide bonds. The Balaban J connectivity index is 1.60. The second-order valence-electron chi connectivity index (χ2n) is 4.69. The molecule has 0 aliphatic carbocycles. The molecule has 8 nitrogen and oxygen atoms in total. The normalized spacial score (nSPS) is 15.3. The van der Waals surface area contributed by atoms with Crippen LogP contribution in [0.1, 0.15) is 27.1 Å². The second-order valence-corrected chi connectivity index (χ2v) is 4.69. The van der Waals surface area contributed by atoms with Gasteiger partial charge in [0.25, 0.3) is 5.91 Å². The molecule has 8 heteroatoms. The summed E-state index contributed by atoms with van der Waals surface area (Å²) in [7, 11) is 0. The van der Waals surface area contributed by atoms with Crippen molar-refractivity contribution in [3.05, 3.63) is 35.9 Å². The molecule has 0 unspecified atom stereocenters. The van der Waals surface area contributed by atoms with Crippen LogP contribution in [0.15, 0.2) is 27.2 Å². The number of carbonyl (C=O) groups excluding carboxylic acids is 2. The average Bonchev–Trinajstić information content (AvgIpc) is 3.17. The average molecular weight is 290 g/mol. The first-order valence-electron chi connectivity index (χ1n) is 6.57. The molecule has 3 heterocycles. The largest absolute Gasteiger partial charge is 0.459 e. The number of rotatable bonds is 2. The third-order valence-electron chi connectivity index (χ3n) is 3.30. The van der Waals surface area contributed by atoms with Gasteiger partial charge in [-0.3, -0.25) is 9.59 Å². The molecular weight excluding hydrogens is 276 g/mol. The quantitative estimate of drug-likeness (QED) is 0.802. The van der Waals surface area contributed by atoms with E-state index in [1.807, 2.05) is 0 Å². The topological polar surface area (TPSA) is 92.7 Å². The van der Waals surface area contributed by atoms with Crippen molar-refractivity contribution in [3.63, 3.8) is 0 Å². The number of carbonyl (C=O) groups is 2. The summed E-state index contributed by atoms with van der Waals surface area (Å²) in [5, 5.41) is 7.35. The lowest BCUT2D eigenvalue weighted by atomic mass is 10.3. The lowest BCUT2D eigenvalue weighted by molar-refractivity contribution is 0.0497.